The minimum absolute atomic E-state index is 0.00490. The number of anilines is 1. The molecule has 2 amide bonds. The number of rotatable bonds is 4. The molecule has 7 nitrogen and oxygen atoms in total. The van der Waals surface area contributed by atoms with Crippen LogP contribution in [0.15, 0.2) is 35.1 Å². The van der Waals surface area contributed by atoms with Crippen LogP contribution in [0.4, 0.5) is 5.69 Å². The molecule has 0 aliphatic carbocycles. The highest BCUT2D eigenvalue weighted by Crippen LogP contribution is 2.19. The van der Waals surface area contributed by atoms with E-state index in [0.717, 1.165) is 25.9 Å². The molecule has 1 atom stereocenters. The van der Waals surface area contributed by atoms with Crippen LogP contribution in [0.3, 0.4) is 0 Å². The van der Waals surface area contributed by atoms with Crippen molar-refractivity contribution in [3.63, 3.8) is 0 Å². The van der Waals surface area contributed by atoms with Gasteiger partial charge in [-0.2, -0.15) is 5.26 Å². The normalized spacial score (nSPS) is 16.1. The number of benzene rings is 1. The molecule has 1 saturated heterocycles. The van der Waals surface area contributed by atoms with Crippen molar-refractivity contribution in [3.05, 3.63) is 63.1 Å². The number of nitrogens with zero attached hydrogens (tertiary/aromatic N) is 3. The van der Waals surface area contributed by atoms with Crippen molar-refractivity contribution >= 4 is 17.5 Å². The summed E-state index contributed by atoms with van der Waals surface area (Å²) in [5, 5.41) is 11.9. The molecule has 1 aromatic carbocycles. The van der Waals surface area contributed by atoms with Gasteiger partial charge in [0.2, 0.25) is 5.91 Å². The molecule has 0 bridgehead atoms. The number of pyridine rings is 1. The lowest BCUT2D eigenvalue weighted by Crippen LogP contribution is -2.39. The predicted molar refractivity (Wildman–Crippen MR) is 114 cm³/mol. The van der Waals surface area contributed by atoms with Crippen LogP contribution in [0.1, 0.15) is 46.9 Å². The van der Waals surface area contributed by atoms with Gasteiger partial charge in [-0.1, -0.05) is 6.92 Å². The monoisotopic (exact) mass is 406 g/mol. The van der Waals surface area contributed by atoms with Gasteiger partial charge in [0.15, 0.2) is 0 Å². The van der Waals surface area contributed by atoms with Crippen LogP contribution in [0.25, 0.3) is 0 Å². The highest BCUT2D eigenvalue weighted by Gasteiger charge is 2.22. The minimum atomic E-state index is -0.471. The Morgan fingerprint density at radius 3 is 2.57 bits per heavy atom. The van der Waals surface area contributed by atoms with E-state index in [1.54, 1.807) is 44.2 Å². The van der Waals surface area contributed by atoms with E-state index in [1.165, 1.54) is 4.57 Å². The van der Waals surface area contributed by atoms with E-state index in [1.807, 2.05) is 11.0 Å². The second-order valence-electron chi connectivity index (χ2n) is 7.97. The summed E-state index contributed by atoms with van der Waals surface area (Å²) < 4.78 is 1.29. The number of nitriles is 1. The van der Waals surface area contributed by atoms with Gasteiger partial charge in [0.25, 0.3) is 11.5 Å². The lowest BCUT2D eigenvalue weighted by molar-refractivity contribution is -0.116. The number of hydrogen-bond donors (Lipinski definition) is 1. The average Bonchev–Trinajstić information content (AvgIpc) is 2.71. The minimum Gasteiger partial charge on any atom is -0.338 e. The summed E-state index contributed by atoms with van der Waals surface area (Å²) in [7, 11) is 0. The summed E-state index contributed by atoms with van der Waals surface area (Å²) in [5.41, 5.74) is 1.92. The number of likely N-dealkylation sites (tertiary alicyclic amines) is 1. The van der Waals surface area contributed by atoms with Crippen LogP contribution < -0.4 is 10.9 Å². The number of carbonyl (C=O) groups is 2. The van der Waals surface area contributed by atoms with Crippen molar-refractivity contribution in [2.24, 2.45) is 5.92 Å². The summed E-state index contributed by atoms with van der Waals surface area (Å²) in [6, 6.07) is 10.4. The van der Waals surface area contributed by atoms with Gasteiger partial charge in [-0.25, -0.2) is 0 Å². The zero-order chi connectivity index (χ0) is 21.8. The Hall–Kier alpha value is -3.40. The standard InChI is InChI=1S/C23H26N4O3/c1-15-5-4-10-26(13-15)22(29)18-6-8-19(9-7-18)25-21(28)14-27-17(3)11-16(2)20(12-24)23(27)30/h6-9,11,15H,4-5,10,13-14H2,1-3H3,(H,25,28)/t15-/m0/s1. The summed E-state index contributed by atoms with van der Waals surface area (Å²) in [4.78, 5) is 39.4. The van der Waals surface area contributed by atoms with Crippen LogP contribution in [-0.2, 0) is 11.3 Å². The number of aryl methyl sites for hydroxylation is 2. The molecule has 1 aliphatic rings. The van der Waals surface area contributed by atoms with E-state index >= 15 is 0 Å². The van der Waals surface area contributed by atoms with Gasteiger partial charge in [-0.3, -0.25) is 14.4 Å². The Balaban J connectivity index is 1.68. The summed E-state index contributed by atoms with van der Waals surface area (Å²) >= 11 is 0. The topological polar surface area (TPSA) is 95.2 Å². The Bertz CT molecular complexity index is 1060. The third kappa shape index (κ3) is 4.60. The molecule has 0 unspecified atom stereocenters. The first kappa shape index (κ1) is 21.3. The van der Waals surface area contributed by atoms with Gasteiger partial charge in [-0.15, -0.1) is 0 Å². The molecular formula is C23H26N4O3. The van der Waals surface area contributed by atoms with Gasteiger partial charge in [0, 0.05) is 30.0 Å². The van der Waals surface area contributed by atoms with Crippen LogP contribution in [0, 0.1) is 31.1 Å². The number of aromatic nitrogens is 1. The molecule has 1 N–H and O–H groups in total. The zero-order valence-electron chi connectivity index (χ0n) is 17.6. The second kappa shape index (κ2) is 8.95. The quantitative estimate of drug-likeness (QED) is 0.845. The van der Waals surface area contributed by atoms with E-state index < -0.39 is 5.56 Å². The van der Waals surface area contributed by atoms with Crippen LogP contribution >= 0.6 is 0 Å². The molecule has 7 heteroatoms. The fourth-order valence-corrected chi connectivity index (χ4v) is 3.86. The highest BCUT2D eigenvalue weighted by atomic mass is 16.2. The molecule has 0 spiro atoms. The lowest BCUT2D eigenvalue weighted by Gasteiger charge is -2.31. The molecule has 156 valence electrons. The Labute approximate surface area is 175 Å². The molecule has 30 heavy (non-hydrogen) atoms. The maximum atomic E-state index is 12.7. The number of nitrogens with one attached hydrogen (secondary N) is 1. The van der Waals surface area contributed by atoms with Crippen molar-refractivity contribution in [2.45, 2.75) is 40.2 Å². The zero-order valence-corrected chi connectivity index (χ0v) is 17.6. The number of hydrogen-bond acceptors (Lipinski definition) is 4. The van der Waals surface area contributed by atoms with Crippen LogP contribution in [0.5, 0.6) is 0 Å². The third-order valence-electron chi connectivity index (χ3n) is 5.48. The SMILES string of the molecule is Cc1cc(C)n(CC(=O)Nc2ccc(C(=O)N3CCC[C@H](C)C3)cc2)c(=O)c1C#N. The van der Waals surface area contributed by atoms with Crippen molar-refractivity contribution < 1.29 is 9.59 Å². The highest BCUT2D eigenvalue weighted by molar-refractivity contribution is 5.95. The first-order valence-electron chi connectivity index (χ1n) is 10.1. The number of amides is 2. The largest absolute Gasteiger partial charge is 0.338 e. The van der Waals surface area contributed by atoms with E-state index in [4.69, 9.17) is 5.26 Å². The van der Waals surface area contributed by atoms with Gasteiger partial charge >= 0.3 is 0 Å². The van der Waals surface area contributed by atoms with Crippen molar-refractivity contribution in [2.75, 3.05) is 18.4 Å². The second-order valence-corrected chi connectivity index (χ2v) is 7.97. The number of piperidine rings is 1. The Kier molecular flexibility index (Phi) is 6.36. The molecule has 1 aliphatic heterocycles. The average molecular weight is 406 g/mol. The third-order valence-corrected chi connectivity index (χ3v) is 5.48. The lowest BCUT2D eigenvalue weighted by atomic mass is 9.99. The fourth-order valence-electron chi connectivity index (χ4n) is 3.86. The summed E-state index contributed by atoms with van der Waals surface area (Å²) in [6.07, 6.45) is 2.17. The molecule has 1 aromatic heterocycles. The van der Waals surface area contributed by atoms with Gasteiger partial charge in [0.05, 0.1) is 0 Å². The van der Waals surface area contributed by atoms with Gasteiger partial charge in [0.1, 0.15) is 18.2 Å². The molecule has 2 heterocycles. The molecule has 3 rings (SSSR count). The molecule has 0 saturated carbocycles. The van der Waals surface area contributed by atoms with E-state index in [-0.39, 0.29) is 23.9 Å². The molecule has 0 radical (unpaired) electrons. The molecule has 1 fully saturated rings. The maximum absolute atomic E-state index is 12.7. The molecule has 2 aromatic rings. The number of carbonyl (C=O) groups excluding carboxylic acids is 2. The van der Waals surface area contributed by atoms with Gasteiger partial charge in [-0.05, 0) is 68.5 Å². The van der Waals surface area contributed by atoms with Crippen LogP contribution in [0.2, 0.25) is 0 Å². The smallest absolute Gasteiger partial charge is 0.269 e. The van der Waals surface area contributed by atoms with Crippen molar-refractivity contribution in [3.8, 4) is 6.07 Å². The molecular weight excluding hydrogens is 380 g/mol. The Morgan fingerprint density at radius 2 is 1.93 bits per heavy atom. The van der Waals surface area contributed by atoms with E-state index in [9.17, 15) is 14.4 Å². The van der Waals surface area contributed by atoms with E-state index in [0.29, 0.717) is 28.4 Å². The summed E-state index contributed by atoms with van der Waals surface area (Å²) in [5.74, 6) is 0.138. The van der Waals surface area contributed by atoms with Crippen LogP contribution in [-0.4, -0.2) is 34.4 Å². The van der Waals surface area contributed by atoms with Crippen molar-refractivity contribution in [1.82, 2.24) is 9.47 Å². The maximum Gasteiger partial charge on any atom is 0.269 e. The van der Waals surface area contributed by atoms with Crippen molar-refractivity contribution in [1.29, 1.82) is 5.26 Å². The summed E-state index contributed by atoms with van der Waals surface area (Å²) in [6.45, 7) is 6.93. The fraction of sp³-hybridized carbons (Fsp3) is 0.391. The van der Waals surface area contributed by atoms with Gasteiger partial charge < -0.3 is 14.8 Å². The first-order valence-corrected chi connectivity index (χ1v) is 10.1. The first-order chi connectivity index (χ1) is 14.3. The Morgan fingerprint density at radius 1 is 1.23 bits per heavy atom. The van der Waals surface area contributed by atoms with E-state index in [2.05, 4.69) is 12.2 Å². The predicted octanol–water partition coefficient (Wildman–Crippen LogP) is 2.85.